The predicted octanol–water partition coefficient (Wildman–Crippen LogP) is 5.37. The molecule has 8 heteroatoms. The molecule has 0 fully saturated rings. The fourth-order valence-corrected chi connectivity index (χ4v) is 3.14. The van der Waals surface area contributed by atoms with Crippen molar-refractivity contribution >= 4 is 12.1 Å². The molecule has 1 N–H and O–H groups in total. The zero-order valence-electron chi connectivity index (χ0n) is 17.5. The second-order valence-corrected chi connectivity index (χ2v) is 7.21. The first-order chi connectivity index (χ1) is 15.8. The van der Waals surface area contributed by atoms with Gasteiger partial charge in [-0.1, -0.05) is 91.0 Å². The smallest absolute Gasteiger partial charge is 0.412 e. The number of benzene rings is 3. The second kappa shape index (κ2) is 11.2. The Morgan fingerprint density at radius 3 is 1.85 bits per heavy atom. The number of esters is 1. The maximum atomic E-state index is 14.0. The summed E-state index contributed by atoms with van der Waals surface area (Å²) in [5.74, 6) is -0.858. The van der Waals surface area contributed by atoms with Crippen LogP contribution in [-0.4, -0.2) is 24.3 Å². The van der Waals surface area contributed by atoms with Crippen LogP contribution >= 0.6 is 0 Å². The van der Waals surface area contributed by atoms with Gasteiger partial charge >= 0.3 is 18.2 Å². The average molecular weight is 457 g/mol. The first kappa shape index (κ1) is 23.8. The molecule has 0 aliphatic carbocycles. The summed E-state index contributed by atoms with van der Waals surface area (Å²) < 4.78 is 52.2. The predicted molar refractivity (Wildman–Crippen MR) is 115 cm³/mol. The number of carbonyl (C=O) groups is 2. The maximum Gasteiger partial charge on any atom is 0.412 e. The topological polar surface area (TPSA) is 64.6 Å². The van der Waals surface area contributed by atoms with Crippen molar-refractivity contribution in [3.63, 3.8) is 0 Å². The van der Waals surface area contributed by atoms with Crippen molar-refractivity contribution in [2.75, 3.05) is 0 Å². The minimum atomic E-state index is -4.92. The van der Waals surface area contributed by atoms with Gasteiger partial charge < -0.3 is 14.8 Å². The van der Waals surface area contributed by atoms with Crippen molar-refractivity contribution < 1.29 is 32.2 Å². The van der Waals surface area contributed by atoms with Gasteiger partial charge in [0.05, 0.1) is 6.42 Å². The van der Waals surface area contributed by atoms with E-state index in [1.54, 1.807) is 66.7 Å². The van der Waals surface area contributed by atoms with Crippen LogP contribution in [0.2, 0.25) is 0 Å². The fraction of sp³-hybridized carbons (Fsp3) is 0.200. The number of carbonyl (C=O) groups excluding carboxylic acids is 2. The molecular weight excluding hydrogens is 435 g/mol. The van der Waals surface area contributed by atoms with E-state index in [1.165, 1.54) is 24.3 Å². The number of nitrogens with one attached hydrogen (secondary N) is 1. The fourth-order valence-electron chi connectivity index (χ4n) is 3.14. The summed E-state index contributed by atoms with van der Waals surface area (Å²) in [6, 6.07) is 22.0. The van der Waals surface area contributed by atoms with E-state index in [4.69, 9.17) is 9.47 Å². The van der Waals surface area contributed by atoms with Crippen LogP contribution in [0.4, 0.5) is 18.0 Å². The van der Waals surface area contributed by atoms with Crippen molar-refractivity contribution in [1.29, 1.82) is 0 Å². The normalized spacial score (nSPS) is 12.9. The highest BCUT2D eigenvalue weighted by Gasteiger charge is 2.48. The molecule has 0 bridgehead atoms. The number of alkyl carbamates (subject to hydrolysis) is 1. The molecule has 0 aliphatic rings. The van der Waals surface area contributed by atoms with Crippen LogP contribution in [-0.2, 0) is 27.3 Å². The summed E-state index contributed by atoms with van der Waals surface area (Å²) in [5, 5.41) is 1.83. The molecule has 33 heavy (non-hydrogen) atoms. The highest BCUT2D eigenvalue weighted by atomic mass is 19.4. The van der Waals surface area contributed by atoms with Crippen molar-refractivity contribution in [3.8, 4) is 0 Å². The Morgan fingerprint density at radius 2 is 1.30 bits per heavy atom. The second-order valence-electron chi connectivity index (χ2n) is 7.21. The van der Waals surface area contributed by atoms with Gasteiger partial charge in [-0.05, 0) is 16.7 Å². The number of halogens is 3. The van der Waals surface area contributed by atoms with Crippen LogP contribution in [0.5, 0.6) is 0 Å². The number of alkyl halides is 3. The van der Waals surface area contributed by atoms with E-state index in [2.05, 4.69) is 0 Å². The number of hydrogen-bond donors (Lipinski definition) is 1. The summed E-state index contributed by atoms with van der Waals surface area (Å²) >= 11 is 0. The number of hydrogen-bond acceptors (Lipinski definition) is 4. The van der Waals surface area contributed by atoms with Gasteiger partial charge in [0.25, 0.3) is 0 Å². The van der Waals surface area contributed by atoms with Crippen LogP contribution in [0, 0.1) is 0 Å². The van der Waals surface area contributed by atoms with E-state index in [-0.39, 0.29) is 18.6 Å². The third kappa shape index (κ3) is 7.38. The minimum Gasteiger partial charge on any atom is -0.455 e. The van der Waals surface area contributed by atoms with Crippen LogP contribution in [0.15, 0.2) is 91.0 Å². The number of amides is 1. The van der Waals surface area contributed by atoms with Crippen LogP contribution in [0.1, 0.15) is 22.8 Å². The monoisotopic (exact) mass is 457 g/mol. The van der Waals surface area contributed by atoms with Crippen molar-refractivity contribution in [3.05, 3.63) is 108 Å². The molecule has 3 aromatic rings. The van der Waals surface area contributed by atoms with E-state index in [0.29, 0.717) is 11.1 Å². The standard InChI is InChI=1S/C25H22F3NO4/c26-25(27,28)23(29-24(31)32-17-19-12-6-2-7-13-19)22(20-14-8-3-9-15-20)33-21(30)16-18-10-4-1-5-11-18/h1-15,22-23H,16-17H2,(H,29,31)/t22-,23-/m0/s1. The zero-order chi connectivity index (χ0) is 23.7. The molecule has 0 spiro atoms. The molecule has 0 aliphatic heterocycles. The van der Waals surface area contributed by atoms with Crippen LogP contribution in [0.3, 0.4) is 0 Å². The van der Waals surface area contributed by atoms with Gasteiger partial charge in [-0.3, -0.25) is 4.79 Å². The summed E-state index contributed by atoms with van der Waals surface area (Å²) in [5.41, 5.74) is 1.29. The van der Waals surface area contributed by atoms with E-state index in [1.807, 2.05) is 5.32 Å². The van der Waals surface area contributed by atoms with Crippen LogP contribution < -0.4 is 5.32 Å². The molecule has 172 valence electrons. The first-order valence-electron chi connectivity index (χ1n) is 10.1. The lowest BCUT2D eigenvalue weighted by molar-refractivity contribution is -0.189. The summed E-state index contributed by atoms with van der Waals surface area (Å²) in [6.45, 7) is -0.207. The van der Waals surface area contributed by atoms with E-state index in [0.717, 1.165) is 0 Å². The van der Waals surface area contributed by atoms with E-state index in [9.17, 15) is 22.8 Å². The van der Waals surface area contributed by atoms with Crippen molar-refractivity contribution in [1.82, 2.24) is 5.32 Å². The SMILES string of the molecule is O=C(Cc1ccccc1)O[C@@H](c1ccccc1)[C@H](NC(=O)OCc1ccccc1)C(F)(F)F. The van der Waals surface area contributed by atoms with Gasteiger partial charge in [0.15, 0.2) is 12.1 Å². The molecule has 0 aromatic heterocycles. The van der Waals surface area contributed by atoms with Gasteiger partial charge in [-0.15, -0.1) is 0 Å². The van der Waals surface area contributed by atoms with Gasteiger partial charge in [0.2, 0.25) is 0 Å². The molecule has 0 saturated carbocycles. The molecule has 3 aromatic carbocycles. The van der Waals surface area contributed by atoms with Gasteiger partial charge in [0, 0.05) is 0 Å². The molecule has 1 amide bonds. The number of ether oxygens (including phenoxy) is 2. The summed E-state index contributed by atoms with van der Waals surface area (Å²) in [7, 11) is 0. The Kier molecular flexibility index (Phi) is 8.07. The molecule has 0 saturated heterocycles. The van der Waals surface area contributed by atoms with Gasteiger partial charge in [-0.2, -0.15) is 13.2 Å². The highest BCUT2D eigenvalue weighted by molar-refractivity contribution is 5.73. The van der Waals surface area contributed by atoms with Crippen LogP contribution in [0.25, 0.3) is 0 Å². The molecule has 3 rings (SSSR count). The third-order valence-corrected chi connectivity index (χ3v) is 4.72. The lowest BCUT2D eigenvalue weighted by Gasteiger charge is -2.29. The van der Waals surface area contributed by atoms with Gasteiger partial charge in [0.1, 0.15) is 6.61 Å². The molecule has 0 unspecified atom stereocenters. The Hall–Kier alpha value is -3.81. The highest BCUT2D eigenvalue weighted by Crippen LogP contribution is 2.33. The van der Waals surface area contributed by atoms with E-state index >= 15 is 0 Å². The molecule has 0 radical (unpaired) electrons. The number of rotatable bonds is 8. The molecule has 2 atom stereocenters. The van der Waals surface area contributed by atoms with Crippen molar-refractivity contribution in [2.24, 2.45) is 0 Å². The van der Waals surface area contributed by atoms with E-state index < -0.39 is 30.4 Å². The zero-order valence-corrected chi connectivity index (χ0v) is 17.5. The Bertz CT molecular complexity index is 1030. The first-order valence-corrected chi connectivity index (χ1v) is 10.1. The lowest BCUT2D eigenvalue weighted by atomic mass is 10.0. The lowest BCUT2D eigenvalue weighted by Crippen LogP contribution is -2.50. The average Bonchev–Trinajstić information content (AvgIpc) is 2.81. The maximum absolute atomic E-state index is 14.0. The largest absolute Gasteiger partial charge is 0.455 e. The minimum absolute atomic E-state index is 0.0876. The summed E-state index contributed by atoms with van der Waals surface area (Å²) in [4.78, 5) is 24.7. The van der Waals surface area contributed by atoms with Crippen molar-refractivity contribution in [2.45, 2.75) is 31.3 Å². The quantitative estimate of drug-likeness (QED) is 0.462. The molecule has 0 heterocycles. The summed E-state index contributed by atoms with van der Waals surface area (Å²) in [6.07, 6.45) is -8.21. The van der Waals surface area contributed by atoms with Gasteiger partial charge in [-0.25, -0.2) is 4.79 Å². The Morgan fingerprint density at radius 1 is 0.788 bits per heavy atom. The Labute approximate surface area is 189 Å². The molecule has 5 nitrogen and oxygen atoms in total. The molecular formula is C25H22F3NO4. The Balaban J connectivity index is 1.78. The third-order valence-electron chi connectivity index (χ3n) is 4.72.